The summed E-state index contributed by atoms with van der Waals surface area (Å²) in [7, 11) is 0. The molecule has 13 heavy (non-hydrogen) atoms. The first-order valence-corrected chi connectivity index (χ1v) is 5.50. The molecule has 0 amide bonds. The third-order valence-corrected chi connectivity index (χ3v) is 3.98. The van der Waals surface area contributed by atoms with Crippen LogP contribution < -0.4 is 5.32 Å². The van der Waals surface area contributed by atoms with E-state index in [-0.39, 0.29) is 11.5 Å². The summed E-state index contributed by atoms with van der Waals surface area (Å²) < 4.78 is 14.3. The Labute approximate surface area is 80.1 Å². The van der Waals surface area contributed by atoms with Gasteiger partial charge in [-0.25, -0.2) is 4.39 Å². The SMILES string of the molecule is CC(C)C1(F)CNC2(CCCC2)C1. The summed E-state index contributed by atoms with van der Waals surface area (Å²) >= 11 is 0. The van der Waals surface area contributed by atoms with Gasteiger partial charge in [0.2, 0.25) is 0 Å². The van der Waals surface area contributed by atoms with Crippen LogP contribution in [0.3, 0.4) is 0 Å². The van der Waals surface area contributed by atoms with Crippen LogP contribution in [0.5, 0.6) is 0 Å². The Morgan fingerprint density at radius 2 is 1.85 bits per heavy atom. The lowest BCUT2D eigenvalue weighted by Crippen LogP contribution is -2.35. The molecule has 76 valence electrons. The number of nitrogens with one attached hydrogen (secondary N) is 1. The molecule has 1 saturated heterocycles. The number of alkyl halides is 1. The van der Waals surface area contributed by atoms with E-state index >= 15 is 0 Å². The zero-order valence-electron chi connectivity index (χ0n) is 8.70. The van der Waals surface area contributed by atoms with E-state index < -0.39 is 5.67 Å². The fraction of sp³-hybridized carbons (Fsp3) is 1.00. The average Bonchev–Trinajstić information content (AvgIpc) is 2.62. The summed E-state index contributed by atoms with van der Waals surface area (Å²) in [6.07, 6.45) is 5.68. The Kier molecular flexibility index (Phi) is 2.14. The Bertz CT molecular complexity index is 192. The maximum atomic E-state index is 14.3. The highest BCUT2D eigenvalue weighted by atomic mass is 19.1. The van der Waals surface area contributed by atoms with E-state index in [2.05, 4.69) is 5.32 Å². The van der Waals surface area contributed by atoms with Gasteiger partial charge >= 0.3 is 0 Å². The predicted octanol–water partition coefficient (Wildman–Crippen LogP) is 2.66. The Balaban J connectivity index is 2.08. The summed E-state index contributed by atoms with van der Waals surface area (Å²) in [4.78, 5) is 0. The lowest BCUT2D eigenvalue weighted by molar-refractivity contribution is 0.114. The lowest BCUT2D eigenvalue weighted by Gasteiger charge is -2.27. The fourth-order valence-electron chi connectivity index (χ4n) is 2.84. The van der Waals surface area contributed by atoms with Gasteiger partial charge in [0.1, 0.15) is 5.67 Å². The van der Waals surface area contributed by atoms with Crippen molar-refractivity contribution in [1.29, 1.82) is 0 Å². The minimum Gasteiger partial charge on any atom is -0.308 e. The Morgan fingerprint density at radius 1 is 1.23 bits per heavy atom. The summed E-state index contributed by atoms with van der Waals surface area (Å²) in [5.41, 5.74) is -0.761. The molecule has 2 fully saturated rings. The number of hydrogen-bond acceptors (Lipinski definition) is 1. The first-order valence-electron chi connectivity index (χ1n) is 5.50. The molecule has 2 rings (SSSR count). The van der Waals surface area contributed by atoms with Gasteiger partial charge in [-0.3, -0.25) is 0 Å². The lowest BCUT2D eigenvalue weighted by atomic mass is 9.83. The van der Waals surface area contributed by atoms with Crippen LogP contribution in [0.15, 0.2) is 0 Å². The van der Waals surface area contributed by atoms with Gasteiger partial charge in [0, 0.05) is 18.5 Å². The molecule has 0 bridgehead atoms. The van der Waals surface area contributed by atoms with Crippen LogP contribution in [0.25, 0.3) is 0 Å². The van der Waals surface area contributed by atoms with Crippen LogP contribution in [0.1, 0.15) is 46.0 Å². The van der Waals surface area contributed by atoms with Crippen molar-refractivity contribution in [2.75, 3.05) is 6.54 Å². The van der Waals surface area contributed by atoms with E-state index in [1.807, 2.05) is 13.8 Å². The maximum absolute atomic E-state index is 14.3. The molecular formula is C11H20FN. The zero-order valence-corrected chi connectivity index (χ0v) is 8.70. The molecule has 1 heterocycles. The molecule has 1 nitrogen and oxygen atoms in total. The average molecular weight is 185 g/mol. The molecular weight excluding hydrogens is 165 g/mol. The third-order valence-electron chi connectivity index (χ3n) is 3.98. The van der Waals surface area contributed by atoms with Crippen LogP contribution in [0.4, 0.5) is 4.39 Å². The van der Waals surface area contributed by atoms with E-state index in [9.17, 15) is 4.39 Å². The van der Waals surface area contributed by atoms with Gasteiger partial charge < -0.3 is 5.32 Å². The van der Waals surface area contributed by atoms with Gasteiger partial charge in [-0.1, -0.05) is 26.7 Å². The third kappa shape index (κ3) is 1.50. The van der Waals surface area contributed by atoms with E-state index in [1.165, 1.54) is 25.7 Å². The minimum absolute atomic E-state index is 0.153. The molecule has 1 unspecified atom stereocenters. The van der Waals surface area contributed by atoms with E-state index in [1.54, 1.807) is 0 Å². The molecule has 1 N–H and O–H groups in total. The topological polar surface area (TPSA) is 12.0 Å². The molecule has 1 spiro atoms. The molecule has 0 aromatic rings. The fourth-order valence-corrected chi connectivity index (χ4v) is 2.84. The molecule has 1 aliphatic heterocycles. The zero-order chi connectivity index (χ0) is 9.53. The minimum atomic E-state index is -0.940. The van der Waals surface area contributed by atoms with Gasteiger partial charge in [-0.2, -0.15) is 0 Å². The van der Waals surface area contributed by atoms with Crippen LogP contribution in [0, 0.1) is 5.92 Å². The standard InChI is InChI=1S/C11H20FN/c1-9(2)11(12)7-10(13-8-11)5-3-4-6-10/h9,13H,3-8H2,1-2H3. The second-order valence-electron chi connectivity index (χ2n) is 5.21. The number of rotatable bonds is 1. The second kappa shape index (κ2) is 2.94. The van der Waals surface area contributed by atoms with Gasteiger partial charge in [-0.05, 0) is 18.8 Å². The smallest absolute Gasteiger partial charge is 0.127 e. The van der Waals surface area contributed by atoms with Crippen LogP contribution in [0.2, 0.25) is 0 Å². The van der Waals surface area contributed by atoms with E-state index in [0.29, 0.717) is 6.54 Å². The van der Waals surface area contributed by atoms with Crippen LogP contribution in [-0.2, 0) is 0 Å². The van der Waals surface area contributed by atoms with Crippen LogP contribution in [-0.4, -0.2) is 17.8 Å². The molecule has 2 aliphatic rings. The maximum Gasteiger partial charge on any atom is 0.127 e. The van der Waals surface area contributed by atoms with Crippen molar-refractivity contribution in [1.82, 2.24) is 5.32 Å². The van der Waals surface area contributed by atoms with Crippen molar-refractivity contribution in [3.63, 3.8) is 0 Å². The Morgan fingerprint density at radius 3 is 2.31 bits per heavy atom. The summed E-state index contributed by atoms with van der Waals surface area (Å²) in [5.74, 6) is 0.153. The first-order chi connectivity index (χ1) is 6.06. The van der Waals surface area contributed by atoms with Gasteiger partial charge in [-0.15, -0.1) is 0 Å². The molecule has 0 aromatic heterocycles. The molecule has 1 atom stereocenters. The molecule has 0 aromatic carbocycles. The molecule has 1 aliphatic carbocycles. The normalized spacial score (nSPS) is 37.8. The number of hydrogen-bond donors (Lipinski definition) is 1. The summed E-state index contributed by atoms with van der Waals surface area (Å²) in [6, 6.07) is 0. The van der Waals surface area contributed by atoms with Crippen molar-refractivity contribution in [2.24, 2.45) is 5.92 Å². The van der Waals surface area contributed by atoms with E-state index in [4.69, 9.17) is 0 Å². The van der Waals surface area contributed by atoms with Crippen LogP contribution >= 0.6 is 0 Å². The van der Waals surface area contributed by atoms with Gasteiger partial charge in [0.15, 0.2) is 0 Å². The number of halogens is 1. The first kappa shape index (κ1) is 9.45. The highest BCUT2D eigenvalue weighted by Gasteiger charge is 2.50. The van der Waals surface area contributed by atoms with Gasteiger partial charge in [0.05, 0.1) is 0 Å². The predicted molar refractivity (Wildman–Crippen MR) is 52.5 cm³/mol. The molecule has 0 radical (unpaired) electrons. The molecule has 1 saturated carbocycles. The largest absolute Gasteiger partial charge is 0.308 e. The van der Waals surface area contributed by atoms with E-state index in [0.717, 1.165) is 6.42 Å². The van der Waals surface area contributed by atoms with Crippen molar-refractivity contribution in [3.05, 3.63) is 0 Å². The summed E-state index contributed by atoms with van der Waals surface area (Å²) in [5, 5.41) is 3.43. The second-order valence-corrected chi connectivity index (χ2v) is 5.21. The Hall–Kier alpha value is -0.110. The highest BCUT2D eigenvalue weighted by Crippen LogP contribution is 2.44. The van der Waals surface area contributed by atoms with Crippen molar-refractivity contribution in [2.45, 2.75) is 57.2 Å². The van der Waals surface area contributed by atoms with Crippen molar-refractivity contribution >= 4 is 0 Å². The highest BCUT2D eigenvalue weighted by molar-refractivity contribution is 5.07. The molecule has 2 heteroatoms. The van der Waals surface area contributed by atoms with Crippen molar-refractivity contribution < 1.29 is 4.39 Å². The van der Waals surface area contributed by atoms with Gasteiger partial charge in [0.25, 0.3) is 0 Å². The monoisotopic (exact) mass is 185 g/mol. The summed E-state index contributed by atoms with van der Waals surface area (Å²) in [6.45, 7) is 4.57. The quantitative estimate of drug-likeness (QED) is 0.662. The van der Waals surface area contributed by atoms with Crippen molar-refractivity contribution in [3.8, 4) is 0 Å².